The molecule has 28 heavy (non-hydrogen) atoms. The van der Waals surface area contributed by atoms with E-state index in [1.54, 1.807) is 30.1 Å². The highest BCUT2D eigenvalue weighted by atomic mass is 35.5. The van der Waals surface area contributed by atoms with Gasteiger partial charge in [-0.15, -0.1) is 11.8 Å². The summed E-state index contributed by atoms with van der Waals surface area (Å²) in [6.07, 6.45) is 0.506. The van der Waals surface area contributed by atoms with Crippen molar-refractivity contribution < 1.29 is 9.59 Å². The lowest BCUT2D eigenvalue weighted by Gasteiger charge is -2.30. The van der Waals surface area contributed by atoms with E-state index in [9.17, 15) is 9.59 Å². The molecule has 0 fully saturated rings. The molecule has 2 aromatic carbocycles. The largest absolute Gasteiger partial charge is 0.357 e. The SMILES string of the molecule is CC[C@H](C(=O)NC)N(Cc1ccc(Cl)cc1Cl)C(=O)CSc1ccc(C)cc1. The molecule has 2 rings (SSSR count). The summed E-state index contributed by atoms with van der Waals surface area (Å²) in [5, 5.41) is 3.65. The van der Waals surface area contributed by atoms with Gasteiger partial charge in [-0.25, -0.2) is 0 Å². The maximum atomic E-state index is 13.0. The summed E-state index contributed by atoms with van der Waals surface area (Å²) in [5.74, 6) is -0.0739. The molecule has 2 aromatic rings. The minimum absolute atomic E-state index is 0.118. The number of amides is 2. The van der Waals surface area contributed by atoms with Crippen LogP contribution in [-0.2, 0) is 16.1 Å². The van der Waals surface area contributed by atoms with E-state index in [-0.39, 0.29) is 24.1 Å². The fourth-order valence-corrected chi connectivity index (χ4v) is 4.03. The van der Waals surface area contributed by atoms with Gasteiger partial charge < -0.3 is 10.2 Å². The molecule has 150 valence electrons. The smallest absolute Gasteiger partial charge is 0.242 e. The van der Waals surface area contributed by atoms with Crippen LogP contribution >= 0.6 is 35.0 Å². The van der Waals surface area contributed by atoms with Crippen LogP contribution in [0.3, 0.4) is 0 Å². The number of hydrogen-bond donors (Lipinski definition) is 1. The van der Waals surface area contributed by atoms with Gasteiger partial charge in [-0.05, 0) is 43.2 Å². The number of rotatable bonds is 8. The molecule has 7 heteroatoms. The maximum Gasteiger partial charge on any atom is 0.242 e. The van der Waals surface area contributed by atoms with Gasteiger partial charge in [0.15, 0.2) is 0 Å². The Morgan fingerprint density at radius 2 is 1.82 bits per heavy atom. The zero-order chi connectivity index (χ0) is 20.7. The van der Waals surface area contributed by atoms with Gasteiger partial charge in [-0.2, -0.15) is 0 Å². The predicted octanol–water partition coefficient (Wildman–Crippen LogP) is 4.95. The Hall–Kier alpha value is -1.69. The van der Waals surface area contributed by atoms with Gasteiger partial charge >= 0.3 is 0 Å². The molecular formula is C21H24Cl2N2O2S. The number of nitrogens with zero attached hydrogens (tertiary/aromatic N) is 1. The molecule has 0 aliphatic carbocycles. The van der Waals surface area contributed by atoms with Crippen molar-refractivity contribution in [2.24, 2.45) is 0 Å². The summed E-state index contributed by atoms with van der Waals surface area (Å²) < 4.78 is 0. The van der Waals surface area contributed by atoms with Crippen LogP contribution in [0.15, 0.2) is 47.4 Å². The zero-order valence-electron chi connectivity index (χ0n) is 16.2. The van der Waals surface area contributed by atoms with Crippen molar-refractivity contribution in [1.29, 1.82) is 0 Å². The third-order valence-electron chi connectivity index (χ3n) is 4.37. The van der Waals surface area contributed by atoms with Gasteiger partial charge in [-0.1, -0.05) is 53.9 Å². The highest BCUT2D eigenvalue weighted by molar-refractivity contribution is 8.00. The van der Waals surface area contributed by atoms with Crippen molar-refractivity contribution >= 4 is 46.8 Å². The number of carbonyl (C=O) groups excluding carboxylic acids is 2. The van der Waals surface area contributed by atoms with Crippen molar-refractivity contribution in [1.82, 2.24) is 10.2 Å². The van der Waals surface area contributed by atoms with Gasteiger partial charge in [0.2, 0.25) is 11.8 Å². The van der Waals surface area contributed by atoms with Crippen LogP contribution < -0.4 is 5.32 Å². The molecule has 4 nitrogen and oxygen atoms in total. The van der Waals surface area contributed by atoms with Crippen LogP contribution in [0.2, 0.25) is 10.0 Å². The lowest BCUT2D eigenvalue weighted by atomic mass is 10.1. The Labute approximate surface area is 180 Å². The summed E-state index contributed by atoms with van der Waals surface area (Å²) in [5.41, 5.74) is 1.92. The van der Waals surface area contributed by atoms with E-state index in [0.29, 0.717) is 16.5 Å². The van der Waals surface area contributed by atoms with Crippen LogP contribution in [0, 0.1) is 6.92 Å². The Morgan fingerprint density at radius 1 is 1.14 bits per heavy atom. The third kappa shape index (κ3) is 6.16. The van der Waals surface area contributed by atoms with E-state index in [1.807, 2.05) is 38.1 Å². The zero-order valence-corrected chi connectivity index (χ0v) is 18.5. The molecule has 0 aliphatic heterocycles. The lowest BCUT2D eigenvalue weighted by molar-refractivity contribution is -0.139. The van der Waals surface area contributed by atoms with Gasteiger partial charge in [0, 0.05) is 28.5 Å². The van der Waals surface area contributed by atoms with E-state index < -0.39 is 6.04 Å². The first-order chi connectivity index (χ1) is 13.3. The van der Waals surface area contributed by atoms with Crippen LogP contribution in [0.4, 0.5) is 0 Å². The first kappa shape index (κ1) is 22.6. The molecule has 0 aliphatic rings. The summed E-state index contributed by atoms with van der Waals surface area (Å²) in [7, 11) is 1.57. The molecule has 0 radical (unpaired) electrons. The van der Waals surface area contributed by atoms with Gasteiger partial charge in [-0.3, -0.25) is 9.59 Å². The van der Waals surface area contributed by atoms with E-state index in [2.05, 4.69) is 5.32 Å². The van der Waals surface area contributed by atoms with Crippen molar-refractivity contribution in [3.8, 4) is 0 Å². The number of thioether (sulfide) groups is 1. The van der Waals surface area contributed by atoms with E-state index in [4.69, 9.17) is 23.2 Å². The van der Waals surface area contributed by atoms with Crippen molar-refractivity contribution in [3.05, 3.63) is 63.6 Å². The highest BCUT2D eigenvalue weighted by Gasteiger charge is 2.28. The van der Waals surface area contributed by atoms with Crippen LogP contribution in [0.25, 0.3) is 0 Å². The molecule has 0 heterocycles. The Balaban J connectivity index is 2.21. The van der Waals surface area contributed by atoms with Crippen molar-refractivity contribution in [2.75, 3.05) is 12.8 Å². The number of halogens is 2. The van der Waals surface area contributed by atoms with Gasteiger partial charge in [0.05, 0.1) is 5.75 Å². The second-order valence-electron chi connectivity index (χ2n) is 6.40. The second-order valence-corrected chi connectivity index (χ2v) is 8.29. The standard InChI is InChI=1S/C21H24Cl2N2O2S/c1-4-19(21(27)24-3)25(12-15-7-8-16(22)11-18(15)23)20(26)13-28-17-9-5-14(2)6-10-17/h5-11,19H,4,12-13H2,1-3H3,(H,24,27)/t19-/m1/s1. The van der Waals surface area contributed by atoms with Crippen molar-refractivity contribution in [2.45, 2.75) is 37.8 Å². The molecule has 0 bridgehead atoms. The topological polar surface area (TPSA) is 49.4 Å². The van der Waals surface area contributed by atoms with Gasteiger partial charge in [0.25, 0.3) is 0 Å². The minimum Gasteiger partial charge on any atom is -0.357 e. The predicted molar refractivity (Wildman–Crippen MR) is 117 cm³/mol. The fraction of sp³-hybridized carbons (Fsp3) is 0.333. The molecule has 0 spiro atoms. The molecule has 0 saturated heterocycles. The quantitative estimate of drug-likeness (QED) is 0.593. The molecule has 0 unspecified atom stereocenters. The molecule has 2 amide bonds. The average Bonchev–Trinajstić information content (AvgIpc) is 2.68. The summed E-state index contributed by atoms with van der Waals surface area (Å²) in [6.45, 7) is 4.15. The number of likely N-dealkylation sites (N-methyl/N-ethyl adjacent to an activating group) is 1. The van der Waals surface area contributed by atoms with Gasteiger partial charge in [0.1, 0.15) is 6.04 Å². The highest BCUT2D eigenvalue weighted by Crippen LogP contribution is 2.25. The number of aryl methyl sites for hydroxylation is 1. The number of nitrogens with one attached hydrogen (secondary N) is 1. The van der Waals surface area contributed by atoms with E-state index in [0.717, 1.165) is 10.5 Å². The molecule has 0 saturated carbocycles. The molecule has 1 N–H and O–H groups in total. The van der Waals surface area contributed by atoms with Crippen LogP contribution in [0.1, 0.15) is 24.5 Å². The van der Waals surface area contributed by atoms with Crippen LogP contribution in [0.5, 0.6) is 0 Å². The Bertz CT molecular complexity index is 828. The fourth-order valence-electron chi connectivity index (χ4n) is 2.78. The molecule has 1 atom stereocenters. The van der Waals surface area contributed by atoms with Crippen LogP contribution in [-0.4, -0.2) is 35.6 Å². The normalized spacial score (nSPS) is 11.8. The Morgan fingerprint density at radius 3 is 2.39 bits per heavy atom. The number of carbonyl (C=O) groups is 2. The summed E-state index contributed by atoms with van der Waals surface area (Å²) in [4.78, 5) is 28.0. The number of benzene rings is 2. The van der Waals surface area contributed by atoms with E-state index >= 15 is 0 Å². The Kier molecular flexibility index (Phi) is 8.67. The lowest BCUT2D eigenvalue weighted by Crippen LogP contribution is -2.48. The van der Waals surface area contributed by atoms with E-state index in [1.165, 1.54) is 17.3 Å². The third-order valence-corrected chi connectivity index (χ3v) is 5.96. The van der Waals surface area contributed by atoms with Crippen molar-refractivity contribution in [3.63, 3.8) is 0 Å². The summed E-state index contributed by atoms with van der Waals surface area (Å²) >= 11 is 13.7. The summed E-state index contributed by atoms with van der Waals surface area (Å²) in [6, 6.07) is 12.6. The molecular weight excluding hydrogens is 415 g/mol. The monoisotopic (exact) mass is 438 g/mol. The average molecular weight is 439 g/mol. The first-order valence-corrected chi connectivity index (χ1v) is 10.7. The minimum atomic E-state index is -0.567. The number of hydrogen-bond acceptors (Lipinski definition) is 3. The second kappa shape index (κ2) is 10.7. The first-order valence-electron chi connectivity index (χ1n) is 9.00. The molecule has 0 aromatic heterocycles. The maximum absolute atomic E-state index is 13.0.